The highest BCUT2D eigenvalue weighted by molar-refractivity contribution is 5.15. The third-order valence-corrected chi connectivity index (χ3v) is 4.09. The van der Waals surface area contributed by atoms with Crippen molar-refractivity contribution in [3.05, 3.63) is 23.5 Å². The van der Waals surface area contributed by atoms with Crippen LogP contribution in [0, 0.1) is 19.8 Å². The van der Waals surface area contributed by atoms with Gasteiger partial charge in [-0.3, -0.25) is 0 Å². The van der Waals surface area contributed by atoms with Crippen LogP contribution in [0.2, 0.25) is 0 Å². The molecule has 1 saturated carbocycles. The highest BCUT2D eigenvalue weighted by Crippen LogP contribution is 2.33. The van der Waals surface area contributed by atoms with E-state index in [0.717, 1.165) is 12.5 Å². The van der Waals surface area contributed by atoms with Gasteiger partial charge >= 0.3 is 0 Å². The Kier molecular flexibility index (Phi) is 3.70. The zero-order valence-corrected chi connectivity index (χ0v) is 10.6. The van der Waals surface area contributed by atoms with E-state index >= 15 is 0 Å². The van der Waals surface area contributed by atoms with E-state index in [0.29, 0.717) is 6.04 Å². The van der Waals surface area contributed by atoms with Crippen molar-refractivity contribution in [2.24, 2.45) is 11.7 Å². The van der Waals surface area contributed by atoms with E-state index in [1.165, 1.54) is 43.5 Å². The maximum absolute atomic E-state index is 6.01. The molecule has 1 unspecified atom stereocenters. The molecule has 1 aromatic heterocycles. The Hall–Kier alpha value is -0.760. The summed E-state index contributed by atoms with van der Waals surface area (Å²) in [5.41, 5.74) is 8.73. The fraction of sp³-hybridized carbons (Fsp3) is 0.714. The van der Waals surface area contributed by atoms with Crippen molar-refractivity contribution in [1.29, 1.82) is 0 Å². The number of nitrogens with two attached hydrogens (primary N) is 1. The average Bonchev–Trinajstić information content (AvgIpc) is 2.63. The topological polar surface area (TPSA) is 30.9 Å². The van der Waals surface area contributed by atoms with Gasteiger partial charge in [-0.2, -0.15) is 0 Å². The van der Waals surface area contributed by atoms with E-state index in [1.807, 2.05) is 0 Å². The molecule has 16 heavy (non-hydrogen) atoms. The first-order valence-corrected chi connectivity index (χ1v) is 6.58. The van der Waals surface area contributed by atoms with Gasteiger partial charge in [-0.25, -0.2) is 0 Å². The second-order valence-corrected chi connectivity index (χ2v) is 5.19. The fourth-order valence-corrected chi connectivity index (χ4v) is 3.23. The van der Waals surface area contributed by atoms with Crippen molar-refractivity contribution in [2.75, 3.05) is 6.54 Å². The molecule has 0 spiro atoms. The molecule has 1 atom stereocenters. The second kappa shape index (κ2) is 5.05. The molecule has 1 fully saturated rings. The van der Waals surface area contributed by atoms with Crippen LogP contribution in [0.15, 0.2) is 12.1 Å². The number of aryl methyl sites for hydroxylation is 2. The third-order valence-electron chi connectivity index (χ3n) is 4.09. The van der Waals surface area contributed by atoms with E-state index in [9.17, 15) is 0 Å². The highest BCUT2D eigenvalue weighted by Gasteiger charge is 2.25. The monoisotopic (exact) mass is 220 g/mol. The minimum Gasteiger partial charge on any atom is -0.345 e. The minimum atomic E-state index is 0.523. The lowest BCUT2D eigenvalue weighted by atomic mass is 9.83. The molecule has 0 radical (unpaired) electrons. The second-order valence-electron chi connectivity index (χ2n) is 5.19. The number of aromatic nitrogens is 1. The van der Waals surface area contributed by atoms with Gasteiger partial charge in [-0.05, 0) is 44.7 Å². The Morgan fingerprint density at radius 2 is 1.75 bits per heavy atom. The van der Waals surface area contributed by atoms with Gasteiger partial charge in [0.2, 0.25) is 0 Å². The molecule has 2 nitrogen and oxygen atoms in total. The van der Waals surface area contributed by atoms with Crippen molar-refractivity contribution in [3.63, 3.8) is 0 Å². The summed E-state index contributed by atoms with van der Waals surface area (Å²) in [5, 5.41) is 0. The summed E-state index contributed by atoms with van der Waals surface area (Å²) in [4.78, 5) is 0. The minimum absolute atomic E-state index is 0.523. The molecule has 1 aliphatic rings. The van der Waals surface area contributed by atoms with Crippen LogP contribution >= 0.6 is 0 Å². The normalized spacial score (nSPS) is 19.9. The van der Waals surface area contributed by atoms with Gasteiger partial charge in [0.1, 0.15) is 0 Å². The Morgan fingerprint density at radius 3 is 2.25 bits per heavy atom. The highest BCUT2D eigenvalue weighted by atomic mass is 15.0. The fourth-order valence-electron chi connectivity index (χ4n) is 3.23. The van der Waals surface area contributed by atoms with Crippen LogP contribution in [-0.2, 0) is 0 Å². The van der Waals surface area contributed by atoms with Gasteiger partial charge < -0.3 is 10.3 Å². The molecule has 0 aromatic carbocycles. The third kappa shape index (κ3) is 2.17. The Morgan fingerprint density at radius 1 is 1.19 bits per heavy atom. The first kappa shape index (κ1) is 11.7. The van der Waals surface area contributed by atoms with Gasteiger partial charge in [0, 0.05) is 24.0 Å². The first-order valence-electron chi connectivity index (χ1n) is 6.58. The number of hydrogen-bond donors (Lipinski definition) is 1. The Balaban J connectivity index is 2.21. The quantitative estimate of drug-likeness (QED) is 0.833. The molecule has 2 heteroatoms. The van der Waals surface area contributed by atoms with Crippen LogP contribution in [0.3, 0.4) is 0 Å². The standard InChI is InChI=1S/C14H24N2/c1-11-8-9-12(2)16(11)14(10-15)13-6-4-3-5-7-13/h8-9,13-14H,3-7,10,15H2,1-2H3. The van der Waals surface area contributed by atoms with Crippen LogP contribution in [-0.4, -0.2) is 11.1 Å². The van der Waals surface area contributed by atoms with E-state index in [2.05, 4.69) is 30.5 Å². The smallest absolute Gasteiger partial charge is 0.0486 e. The van der Waals surface area contributed by atoms with Gasteiger partial charge in [0.15, 0.2) is 0 Å². The maximum atomic E-state index is 6.01. The Labute approximate surface area is 98.8 Å². The van der Waals surface area contributed by atoms with Crippen molar-refractivity contribution in [3.8, 4) is 0 Å². The van der Waals surface area contributed by atoms with E-state index in [-0.39, 0.29) is 0 Å². The van der Waals surface area contributed by atoms with Crippen molar-refractivity contribution in [2.45, 2.75) is 52.0 Å². The largest absolute Gasteiger partial charge is 0.345 e. The number of rotatable bonds is 3. The van der Waals surface area contributed by atoms with Gasteiger partial charge in [-0.15, -0.1) is 0 Å². The molecule has 0 aliphatic heterocycles. The lowest BCUT2D eigenvalue weighted by molar-refractivity contribution is 0.249. The molecule has 0 saturated heterocycles. The van der Waals surface area contributed by atoms with Crippen molar-refractivity contribution in [1.82, 2.24) is 4.57 Å². The summed E-state index contributed by atoms with van der Waals surface area (Å²) < 4.78 is 2.45. The zero-order chi connectivity index (χ0) is 11.5. The number of nitrogens with zero attached hydrogens (tertiary/aromatic N) is 1. The predicted molar refractivity (Wildman–Crippen MR) is 68.6 cm³/mol. The summed E-state index contributed by atoms with van der Waals surface area (Å²) in [6.07, 6.45) is 6.91. The van der Waals surface area contributed by atoms with Crippen molar-refractivity contribution < 1.29 is 0 Å². The molecule has 90 valence electrons. The molecule has 2 N–H and O–H groups in total. The van der Waals surface area contributed by atoms with E-state index in [1.54, 1.807) is 0 Å². The molecule has 0 bridgehead atoms. The van der Waals surface area contributed by atoms with Crippen LogP contribution < -0.4 is 5.73 Å². The van der Waals surface area contributed by atoms with E-state index < -0.39 is 0 Å². The zero-order valence-electron chi connectivity index (χ0n) is 10.6. The van der Waals surface area contributed by atoms with Gasteiger partial charge in [-0.1, -0.05) is 19.3 Å². The lowest BCUT2D eigenvalue weighted by Gasteiger charge is -2.32. The molecular formula is C14H24N2. The SMILES string of the molecule is Cc1ccc(C)n1C(CN)C1CCCCC1. The molecule has 2 rings (SSSR count). The molecule has 0 amide bonds. The predicted octanol–water partition coefficient (Wildman–Crippen LogP) is 3.19. The summed E-state index contributed by atoms with van der Waals surface area (Å²) >= 11 is 0. The summed E-state index contributed by atoms with van der Waals surface area (Å²) in [5.74, 6) is 0.795. The average molecular weight is 220 g/mol. The molecule has 1 heterocycles. The number of hydrogen-bond acceptors (Lipinski definition) is 1. The maximum Gasteiger partial charge on any atom is 0.0486 e. The van der Waals surface area contributed by atoms with Gasteiger partial charge in [0.25, 0.3) is 0 Å². The van der Waals surface area contributed by atoms with Crippen LogP contribution in [0.25, 0.3) is 0 Å². The van der Waals surface area contributed by atoms with E-state index in [4.69, 9.17) is 5.73 Å². The summed E-state index contributed by atoms with van der Waals surface area (Å²) in [7, 11) is 0. The molecule has 1 aromatic rings. The summed E-state index contributed by atoms with van der Waals surface area (Å²) in [6, 6.07) is 4.94. The van der Waals surface area contributed by atoms with Crippen LogP contribution in [0.4, 0.5) is 0 Å². The Bertz CT molecular complexity index is 315. The molecule has 1 aliphatic carbocycles. The van der Waals surface area contributed by atoms with Gasteiger partial charge in [0.05, 0.1) is 0 Å². The van der Waals surface area contributed by atoms with Crippen molar-refractivity contribution >= 4 is 0 Å². The lowest BCUT2D eigenvalue weighted by Crippen LogP contribution is -2.29. The first-order chi connectivity index (χ1) is 7.74. The van der Waals surface area contributed by atoms with Crippen LogP contribution in [0.1, 0.15) is 49.5 Å². The molecular weight excluding hydrogens is 196 g/mol. The summed E-state index contributed by atoms with van der Waals surface area (Å²) in [6.45, 7) is 5.16. The van der Waals surface area contributed by atoms with Crippen LogP contribution in [0.5, 0.6) is 0 Å².